The number of methoxy groups -OCH3 is 1. The molecule has 0 aliphatic carbocycles. The van der Waals surface area contributed by atoms with E-state index in [9.17, 15) is 9.59 Å². The summed E-state index contributed by atoms with van der Waals surface area (Å²) in [4.78, 5) is 26.1. The van der Waals surface area contributed by atoms with Gasteiger partial charge >= 0.3 is 0 Å². The molecule has 0 unspecified atom stereocenters. The Labute approximate surface area is 159 Å². The molecule has 2 amide bonds. The van der Waals surface area contributed by atoms with Crippen LogP contribution in [0.2, 0.25) is 0 Å². The third-order valence-corrected chi connectivity index (χ3v) is 4.71. The first-order valence-electron chi connectivity index (χ1n) is 9.35. The molecule has 146 valence electrons. The quantitative estimate of drug-likeness (QED) is 0.677. The molecule has 27 heavy (non-hydrogen) atoms. The molecular formula is C19H27N5O3. The number of hydrogen-bond donors (Lipinski definition) is 1. The Bertz CT molecular complexity index is 795. The molecule has 3 heterocycles. The molecule has 0 bridgehead atoms. The lowest BCUT2D eigenvalue weighted by molar-refractivity contribution is -0.122. The molecule has 2 aromatic rings. The summed E-state index contributed by atoms with van der Waals surface area (Å²) in [6, 6.07) is 5.94. The van der Waals surface area contributed by atoms with E-state index >= 15 is 0 Å². The summed E-state index contributed by atoms with van der Waals surface area (Å²) >= 11 is 0. The molecule has 1 aliphatic rings. The van der Waals surface area contributed by atoms with E-state index in [0.717, 1.165) is 23.6 Å². The van der Waals surface area contributed by atoms with Gasteiger partial charge in [-0.2, -0.15) is 5.10 Å². The maximum atomic E-state index is 12.4. The fourth-order valence-corrected chi connectivity index (χ4v) is 3.28. The Morgan fingerprint density at radius 3 is 2.96 bits per heavy atom. The summed E-state index contributed by atoms with van der Waals surface area (Å²) in [5, 5.41) is 7.52. The number of aromatic nitrogens is 3. The standard InChI is InChI=1S/C19H27N5O3/c1-22-10-3-6-16(22)15-14-18-23(19(26)8-12-24(18)21-15)11-4-7-17(25)20-9-5-13-27-2/h3,6,10,14H,4-5,7-9,11-13H2,1-2H3,(H,20,25). The Morgan fingerprint density at radius 1 is 1.37 bits per heavy atom. The smallest absolute Gasteiger partial charge is 0.229 e. The van der Waals surface area contributed by atoms with Gasteiger partial charge in [0, 0.05) is 59.0 Å². The minimum Gasteiger partial charge on any atom is -0.385 e. The van der Waals surface area contributed by atoms with Crippen LogP contribution in [0.25, 0.3) is 11.4 Å². The van der Waals surface area contributed by atoms with Crippen molar-refractivity contribution in [3.8, 4) is 11.4 Å². The Hall–Kier alpha value is -2.61. The molecule has 8 nitrogen and oxygen atoms in total. The number of nitrogens with zero attached hydrogens (tertiary/aromatic N) is 4. The predicted octanol–water partition coefficient (Wildman–Crippen LogP) is 1.56. The van der Waals surface area contributed by atoms with Crippen LogP contribution in [-0.4, -0.2) is 53.0 Å². The van der Waals surface area contributed by atoms with E-state index < -0.39 is 0 Å². The van der Waals surface area contributed by atoms with E-state index in [2.05, 4.69) is 10.4 Å². The van der Waals surface area contributed by atoms with Crippen molar-refractivity contribution >= 4 is 17.6 Å². The molecule has 2 aromatic heterocycles. The van der Waals surface area contributed by atoms with Crippen LogP contribution < -0.4 is 10.2 Å². The number of hydrogen-bond acceptors (Lipinski definition) is 4. The highest BCUT2D eigenvalue weighted by Crippen LogP contribution is 2.28. The fourth-order valence-electron chi connectivity index (χ4n) is 3.28. The third-order valence-electron chi connectivity index (χ3n) is 4.71. The van der Waals surface area contributed by atoms with Gasteiger partial charge in [-0.3, -0.25) is 14.5 Å². The van der Waals surface area contributed by atoms with Gasteiger partial charge in [0.25, 0.3) is 0 Å². The third kappa shape index (κ3) is 4.57. The molecule has 3 rings (SSSR count). The summed E-state index contributed by atoms with van der Waals surface area (Å²) in [5.41, 5.74) is 1.87. The monoisotopic (exact) mass is 373 g/mol. The highest BCUT2D eigenvalue weighted by atomic mass is 16.5. The van der Waals surface area contributed by atoms with Gasteiger partial charge in [0.05, 0.1) is 12.2 Å². The van der Waals surface area contributed by atoms with Crippen molar-refractivity contribution in [2.45, 2.75) is 32.2 Å². The zero-order valence-corrected chi connectivity index (χ0v) is 16.0. The number of fused-ring (bicyclic) bond motifs is 1. The lowest BCUT2D eigenvalue weighted by Crippen LogP contribution is -2.38. The number of amides is 2. The Kier molecular flexibility index (Phi) is 6.28. The van der Waals surface area contributed by atoms with E-state index in [1.54, 1.807) is 12.0 Å². The van der Waals surface area contributed by atoms with Gasteiger partial charge in [-0.05, 0) is 25.0 Å². The number of nitrogens with one attached hydrogen (secondary N) is 1. The van der Waals surface area contributed by atoms with Crippen LogP contribution in [-0.2, 0) is 27.9 Å². The van der Waals surface area contributed by atoms with Crippen molar-refractivity contribution < 1.29 is 14.3 Å². The first kappa shape index (κ1) is 19.2. The largest absolute Gasteiger partial charge is 0.385 e. The van der Waals surface area contributed by atoms with E-state index in [0.29, 0.717) is 45.5 Å². The zero-order chi connectivity index (χ0) is 19.2. The van der Waals surface area contributed by atoms with Crippen molar-refractivity contribution in [2.75, 3.05) is 31.7 Å². The summed E-state index contributed by atoms with van der Waals surface area (Å²) < 4.78 is 8.85. The lowest BCUT2D eigenvalue weighted by Gasteiger charge is -2.27. The van der Waals surface area contributed by atoms with E-state index in [4.69, 9.17) is 4.74 Å². The minimum absolute atomic E-state index is 0.00793. The second-order valence-electron chi connectivity index (χ2n) is 6.71. The average molecular weight is 373 g/mol. The Morgan fingerprint density at radius 2 is 2.22 bits per heavy atom. The highest BCUT2D eigenvalue weighted by molar-refractivity contribution is 5.94. The van der Waals surface area contributed by atoms with Crippen molar-refractivity contribution in [2.24, 2.45) is 7.05 Å². The number of carbonyl (C=O) groups excluding carboxylic acids is 2. The molecule has 0 radical (unpaired) electrons. The number of rotatable bonds is 9. The van der Waals surface area contributed by atoms with Gasteiger partial charge in [0.15, 0.2) is 0 Å². The molecule has 0 saturated carbocycles. The minimum atomic E-state index is 0.00793. The normalized spacial score (nSPS) is 13.7. The summed E-state index contributed by atoms with van der Waals surface area (Å²) in [6.45, 7) is 2.36. The summed E-state index contributed by atoms with van der Waals surface area (Å²) in [6.07, 6.45) is 4.22. The molecule has 8 heteroatoms. The van der Waals surface area contributed by atoms with Crippen LogP contribution in [0.1, 0.15) is 25.7 Å². The van der Waals surface area contributed by atoms with Crippen LogP contribution in [0.15, 0.2) is 24.4 Å². The van der Waals surface area contributed by atoms with Gasteiger partial charge in [-0.25, -0.2) is 4.68 Å². The first-order valence-corrected chi connectivity index (χ1v) is 9.35. The zero-order valence-electron chi connectivity index (χ0n) is 16.0. The van der Waals surface area contributed by atoms with Crippen LogP contribution in [0.3, 0.4) is 0 Å². The average Bonchev–Trinajstić information content (AvgIpc) is 3.26. The second kappa shape index (κ2) is 8.85. The number of ether oxygens (including phenoxy) is 1. The Balaban J connectivity index is 1.59. The second-order valence-corrected chi connectivity index (χ2v) is 6.71. The van der Waals surface area contributed by atoms with Crippen molar-refractivity contribution in [1.29, 1.82) is 0 Å². The van der Waals surface area contributed by atoms with E-state index in [-0.39, 0.29) is 11.8 Å². The lowest BCUT2D eigenvalue weighted by atomic mass is 10.2. The molecule has 1 aliphatic heterocycles. The first-order chi connectivity index (χ1) is 13.1. The maximum absolute atomic E-state index is 12.4. The fraction of sp³-hybridized carbons (Fsp3) is 0.526. The van der Waals surface area contributed by atoms with Crippen LogP contribution in [0, 0.1) is 0 Å². The number of carbonyl (C=O) groups is 2. The molecular weight excluding hydrogens is 346 g/mol. The maximum Gasteiger partial charge on any atom is 0.229 e. The summed E-state index contributed by atoms with van der Waals surface area (Å²) in [5.74, 6) is 0.901. The molecule has 0 fully saturated rings. The number of anilines is 1. The summed E-state index contributed by atoms with van der Waals surface area (Å²) in [7, 11) is 3.62. The highest BCUT2D eigenvalue weighted by Gasteiger charge is 2.26. The SMILES string of the molecule is COCCCNC(=O)CCCN1C(=O)CCn2nc(-c3cccn3C)cc21. The van der Waals surface area contributed by atoms with Gasteiger partial charge < -0.3 is 14.6 Å². The van der Waals surface area contributed by atoms with Crippen molar-refractivity contribution in [3.05, 3.63) is 24.4 Å². The van der Waals surface area contributed by atoms with Gasteiger partial charge in [-0.15, -0.1) is 0 Å². The van der Waals surface area contributed by atoms with Crippen LogP contribution >= 0.6 is 0 Å². The molecule has 0 spiro atoms. The van der Waals surface area contributed by atoms with Crippen molar-refractivity contribution in [3.63, 3.8) is 0 Å². The van der Waals surface area contributed by atoms with Gasteiger partial charge in [-0.1, -0.05) is 0 Å². The van der Waals surface area contributed by atoms with Gasteiger partial charge in [0.1, 0.15) is 11.5 Å². The molecule has 1 N–H and O–H groups in total. The molecule has 0 atom stereocenters. The number of aryl methyl sites for hydroxylation is 2. The molecule has 0 aromatic carbocycles. The topological polar surface area (TPSA) is 81.4 Å². The predicted molar refractivity (Wildman–Crippen MR) is 102 cm³/mol. The van der Waals surface area contributed by atoms with Crippen molar-refractivity contribution in [1.82, 2.24) is 19.7 Å². The van der Waals surface area contributed by atoms with E-state index in [1.165, 1.54) is 0 Å². The van der Waals surface area contributed by atoms with Crippen LogP contribution in [0.4, 0.5) is 5.82 Å². The molecule has 0 saturated heterocycles. The van der Waals surface area contributed by atoms with E-state index in [1.807, 2.05) is 40.7 Å². The van der Waals surface area contributed by atoms with Crippen LogP contribution in [0.5, 0.6) is 0 Å². The van der Waals surface area contributed by atoms with Gasteiger partial charge in [0.2, 0.25) is 11.8 Å².